The average molecular weight is 182 g/mol. The molecule has 0 amide bonds. The van der Waals surface area contributed by atoms with E-state index in [1.807, 2.05) is 0 Å². The first-order valence-corrected chi connectivity index (χ1v) is 3.95. The predicted octanol–water partition coefficient (Wildman–Crippen LogP) is -0.861. The van der Waals surface area contributed by atoms with Crippen molar-refractivity contribution in [2.45, 2.75) is 0 Å². The fraction of sp³-hybridized carbons (Fsp3) is 1.00. The SMILES string of the molecule is CN(C)[CH2][SbH2]. The van der Waals surface area contributed by atoms with Gasteiger partial charge in [-0.25, -0.2) is 0 Å². The fourth-order valence-electron chi connectivity index (χ4n) is 0. The molecule has 0 aliphatic rings. The van der Waals surface area contributed by atoms with Gasteiger partial charge in [-0.3, -0.25) is 0 Å². The van der Waals surface area contributed by atoms with Crippen LogP contribution in [0.5, 0.6) is 0 Å². The molecule has 0 aromatic carbocycles. The Labute approximate surface area is 46.8 Å². The standard InChI is InChI=1S/C3H8N.Sb.2H/c1-4(2)3;;;/h1H2,2-3H3;;;. The van der Waals surface area contributed by atoms with Gasteiger partial charge in [-0.15, -0.1) is 0 Å². The first kappa shape index (κ1) is 5.78. The van der Waals surface area contributed by atoms with Crippen molar-refractivity contribution in [3.8, 4) is 0 Å². The molecule has 0 saturated carbocycles. The molecule has 0 radical (unpaired) electrons. The summed E-state index contributed by atoms with van der Waals surface area (Å²) in [5, 5.41) is 0. The second-order valence-corrected chi connectivity index (χ2v) is 2.30. The van der Waals surface area contributed by atoms with Crippen LogP contribution in [0.3, 0.4) is 0 Å². The first-order valence-electron chi connectivity index (χ1n) is 1.62. The van der Waals surface area contributed by atoms with Crippen LogP contribution < -0.4 is 0 Å². The molecule has 0 heterocycles. The van der Waals surface area contributed by atoms with Crippen molar-refractivity contribution in [2.75, 3.05) is 18.6 Å². The van der Waals surface area contributed by atoms with Crippen LogP contribution >= 0.6 is 0 Å². The van der Waals surface area contributed by atoms with Crippen LogP contribution in [0, 0.1) is 0 Å². The van der Waals surface area contributed by atoms with E-state index in [0.29, 0.717) is 0 Å². The van der Waals surface area contributed by atoms with Gasteiger partial charge in [0.1, 0.15) is 0 Å². The van der Waals surface area contributed by atoms with Gasteiger partial charge in [-0.2, -0.15) is 0 Å². The molecule has 0 saturated heterocycles. The molecule has 5 heavy (non-hydrogen) atoms. The zero-order chi connectivity index (χ0) is 4.28. The summed E-state index contributed by atoms with van der Waals surface area (Å²) in [6, 6.07) is 0. The van der Waals surface area contributed by atoms with Crippen LogP contribution in [0.4, 0.5) is 0 Å². The van der Waals surface area contributed by atoms with E-state index in [9.17, 15) is 0 Å². The number of nitrogens with zero attached hydrogens (tertiary/aromatic N) is 1. The third kappa shape index (κ3) is 4.78. The second kappa shape index (κ2) is 2.99. The Balaban J connectivity index is 2.54. The van der Waals surface area contributed by atoms with Crippen molar-refractivity contribution in [1.29, 1.82) is 0 Å². The molecule has 0 atom stereocenters. The normalized spacial score (nSPS) is 9.60. The molecule has 32 valence electrons. The Morgan fingerprint density at radius 3 is 1.80 bits per heavy atom. The molecule has 0 aromatic rings. The van der Waals surface area contributed by atoms with Gasteiger partial charge in [0.25, 0.3) is 0 Å². The fourth-order valence-corrected chi connectivity index (χ4v) is 0. The molecule has 0 unspecified atom stereocenters. The van der Waals surface area contributed by atoms with Crippen LogP contribution in [0.2, 0.25) is 0 Å². The average Bonchev–Trinajstić information content (AvgIpc) is 1.38. The molecule has 0 bridgehead atoms. The summed E-state index contributed by atoms with van der Waals surface area (Å²) in [7, 11) is 4.18. The Morgan fingerprint density at radius 1 is 1.60 bits per heavy atom. The molecule has 0 aliphatic carbocycles. The van der Waals surface area contributed by atoms with E-state index in [-0.39, 0.29) is 0 Å². The van der Waals surface area contributed by atoms with Crippen LogP contribution in [-0.4, -0.2) is 46.5 Å². The molecular weight excluding hydrogens is 172 g/mol. The molecule has 0 fully saturated rings. The predicted molar refractivity (Wildman–Crippen MR) is 27.1 cm³/mol. The van der Waals surface area contributed by atoms with Crippen LogP contribution in [0.1, 0.15) is 0 Å². The summed E-state index contributed by atoms with van der Waals surface area (Å²) in [6.45, 7) is 0. The van der Waals surface area contributed by atoms with Crippen molar-refractivity contribution in [3.63, 3.8) is 0 Å². The Kier molecular flexibility index (Phi) is 3.45. The zero-order valence-corrected chi connectivity index (χ0v) is 7.03. The minimum absolute atomic E-state index is 1.27. The molecule has 0 aromatic heterocycles. The summed E-state index contributed by atoms with van der Waals surface area (Å²) >= 11 is 1.35. The molecule has 1 nitrogen and oxygen atoms in total. The molecule has 0 N–H and O–H groups in total. The number of hydrogen-bond donors (Lipinski definition) is 0. The van der Waals surface area contributed by atoms with Crippen molar-refractivity contribution in [3.05, 3.63) is 0 Å². The van der Waals surface area contributed by atoms with Gasteiger partial charge in [0.2, 0.25) is 0 Å². The van der Waals surface area contributed by atoms with Gasteiger partial charge in [-0.05, 0) is 0 Å². The molecule has 0 spiro atoms. The summed E-state index contributed by atoms with van der Waals surface area (Å²) in [6.07, 6.45) is 0. The Bertz CT molecular complexity index is 20.9. The third-order valence-corrected chi connectivity index (χ3v) is 2.45. The van der Waals surface area contributed by atoms with Crippen molar-refractivity contribution < 1.29 is 0 Å². The quantitative estimate of drug-likeness (QED) is 0.477. The van der Waals surface area contributed by atoms with E-state index in [0.717, 1.165) is 0 Å². The first-order chi connectivity index (χ1) is 2.27. The minimum atomic E-state index is 1.27. The van der Waals surface area contributed by atoms with E-state index in [2.05, 4.69) is 19.0 Å². The number of hydrogen-bond acceptors (Lipinski definition) is 1. The van der Waals surface area contributed by atoms with Crippen LogP contribution in [-0.2, 0) is 0 Å². The molecule has 0 aliphatic heterocycles. The van der Waals surface area contributed by atoms with Crippen LogP contribution in [0.15, 0.2) is 0 Å². The summed E-state index contributed by atoms with van der Waals surface area (Å²) < 4.78 is 1.27. The molecule has 2 heteroatoms. The van der Waals surface area contributed by atoms with Gasteiger partial charge in [0.15, 0.2) is 0 Å². The van der Waals surface area contributed by atoms with E-state index >= 15 is 0 Å². The Morgan fingerprint density at radius 2 is 1.80 bits per heavy atom. The molecular formula is C3H10NSb. The topological polar surface area (TPSA) is 3.24 Å². The second-order valence-electron chi connectivity index (χ2n) is 1.26. The van der Waals surface area contributed by atoms with Gasteiger partial charge in [-0.1, -0.05) is 0 Å². The maximum absolute atomic E-state index is 2.18. The van der Waals surface area contributed by atoms with Gasteiger partial charge >= 0.3 is 46.5 Å². The maximum atomic E-state index is 2.18. The van der Waals surface area contributed by atoms with Crippen molar-refractivity contribution >= 4 is 23.0 Å². The van der Waals surface area contributed by atoms with Crippen molar-refractivity contribution in [2.24, 2.45) is 0 Å². The Hall–Kier alpha value is 0.778. The van der Waals surface area contributed by atoms with Gasteiger partial charge < -0.3 is 0 Å². The van der Waals surface area contributed by atoms with E-state index in [4.69, 9.17) is 0 Å². The van der Waals surface area contributed by atoms with Gasteiger partial charge in [0.05, 0.1) is 0 Å². The van der Waals surface area contributed by atoms with Gasteiger partial charge in [0, 0.05) is 0 Å². The van der Waals surface area contributed by atoms with Crippen molar-refractivity contribution in [1.82, 2.24) is 4.90 Å². The van der Waals surface area contributed by atoms with E-state index in [1.165, 1.54) is 27.5 Å². The summed E-state index contributed by atoms with van der Waals surface area (Å²) in [4.78, 5) is 2.18. The van der Waals surface area contributed by atoms with E-state index in [1.54, 1.807) is 0 Å². The van der Waals surface area contributed by atoms with Crippen LogP contribution in [0.25, 0.3) is 0 Å². The number of rotatable bonds is 1. The summed E-state index contributed by atoms with van der Waals surface area (Å²) in [5.74, 6) is 0. The van der Waals surface area contributed by atoms with E-state index < -0.39 is 0 Å². The summed E-state index contributed by atoms with van der Waals surface area (Å²) in [5.41, 5.74) is 0. The zero-order valence-electron chi connectivity index (χ0n) is 3.73. The monoisotopic (exact) mass is 181 g/mol. The third-order valence-electron chi connectivity index (χ3n) is 0.365. The molecule has 0 rings (SSSR count).